The number of carbonyl (C=O) groups excluding carboxylic acids is 1. The van der Waals surface area contributed by atoms with E-state index in [0.717, 1.165) is 18.4 Å². The fourth-order valence-corrected chi connectivity index (χ4v) is 1.38. The molecule has 0 bridgehead atoms. The molecule has 96 valence electrons. The van der Waals surface area contributed by atoms with Gasteiger partial charge in [0, 0.05) is 0 Å². The molecule has 1 rings (SSSR count). The molecule has 4 heteroatoms. The number of hydrogen-bond donors (Lipinski definition) is 1. The van der Waals surface area contributed by atoms with Crippen molar-refractivity contribution in [2.24, 2.45) is 5.73 Å². The Balaban J connectivity index is 0.00000256. The van der Waals surface area contributed by atoms with Gasteiger partial charge in [-0.2, -0.15) is 0 Å². The number of carbonyl (C=O) groups is 1. The van der Waals surface area contributed by atoms with Gasteiger partial charge >= 0.3 is 5.97 Å². The Kier molecular flexibility index (Phi) is 8.46. The summed E-state index contributed by atoms with van der Waals surface area (Å²) >= 11 is 0. The van der Waals surface area contributed by atoms with Crippen LogP contribution in [0.2, 0.25) is 0 Å². The van der Waals surface area contributed by atoms with E-state index in [9.17, 15) is 4.79 Å². The van der Waals surface area contributed by atoms with Gasteiger partial charge in [-0.1, -0.05) is 43.7 Å². The molecular weight excluding hydrogens is 238 g/mol. The van der Waals surface area contributed by atoms with Crippen LogP contribution in [0.1, 0.15) is 25.3 Å². The minimum atomic E-state index is -0.556. The Hall–Kier alpha value is -1.06. The third-order valence-corrected chi connectivity index (χ3v) is 2.34. The predicted octanol–water partition coefficient (Wildman–Crippen LogP) is 2.32. The predicted molar refractivity (Wildman–Crippen MR) is 71.2 cm³/mol. The number of ether oxygens (including phenoxy) is 1. The van der Waals surface area contributed by atoms with Crippen molar-refractivity contribution in [3.63, 3.8) is 0 Å². The van der Waals surface area contributed by atoms with E-state index >= 15 is 0 Å². The average molecular weight is 258 g/mol. The molecule has 0 fully saturated rings. The number of esters is 1. The summed E-state index contributed by atoms with van der Waals surface area (Å²) in [5, 5.41) is 0. The van der Waals surface area contributed by atoms with Gasteiger partial charge in [-0.3, -0.25) is 4.79 Å². The molecule has 0 aromatic heterocycles. The maximum absolute atomic E-state index is 11.5. The molecule has 0 saturated heterocycles. The first-order valence-electron chi connectivity index (χ1n) is 5.70. The minimum Gasteiger partial charge on any atom is -0.465 e. The van der Waals surface area contributed by atoms with Crippen molar-refractivity contribution in [3.05, 3.63) is 35.9 Å². The van der Waals surface area contributed by atoms with Crippen LogP contribution in [0.3, 0.4) is 0 Å². The second-order valence-electron chi connectivity index (χ2n) is 3.82. The summed E-state index contributed by atoms with van der Waals surface area (Å²) in [6, 6.07) is 9.17. The third-order valence-electron chi connectivity index (χ3n) is 2.34. The summed E-state index contributed by atoms with van der Waals surface area (Å²) in [5.41, 5.74) is 6.81. The van der Waals surface area contributed by atoms with Gasteiger partial charge in [0.05, 0.1) is 6.61 Å². The fourth-order valence-electron chi connectivity index (χ4n) is 1.38. The lowest BCUT2D eigenvalue weighted by Gasteiger charge is -2.11. The van der Waals surface area contributed by atoms with Gasteiger partial charge in [0.2, 0.25) is 0 Å². The molecule has 0 amide bonds. The Morgan fingerprint density at radius 1 is 1.35 bits per heavy atom. The van der Waals surface area contributed by atoms with Crippen LogP contribution in [0, 0.1) is 0 Å². The molecule has 0 aliphatic heterocycles. The van der Waals surface area contributed by atoms with Crippen LogP contribution in [-0.2, 0) is 16.0 Å². The molecule has 0 spiro atoms. The first-order chi connectivity index (χ1) is 7.74. The van der Waals surface area contributed by atoms with Crippen LogP contribution in [0.5, 0.6) is 0 Å². The summed E-state index contributed by atoms with van der Waals surface area (Å²) < 4.78 is 5.05. The quantitative estimate of drug-likeness (QED) is 0.629. The van der Waals surface area contributed by atoms with Crippen LogP contribution in [0.25, 0.3) is 0 Å². The van der Waals surface area contributed by atoms with Crippen molar-refractivity contribution in [2.75, 3.05) is 6.61 Å². The zero-order valence-electron chi connectivity index (χ0n) is 10.1. The highest BCUT2D eigenvalue weighted by atomic mass is 35.5. The lowest BCUT2D eigenvalue weighted by molar-refractivity contribution is -0.145. The van der Waals surface area contributed by atoms with Crippen molar-refractivity contribution < 1.29 is 9.53 Å². The Labute approximate surface area is 109 Å². The molecule has 0 radical (unpaired) electrons. The normalized spacial score (nSPS) is 11.4. The third kappa shape index (κ3) is 6.29. The van der Waals surface area contributed by atoms with Gasteiger partial charge in [0.15, 0.2) is 0 Å². The van der Waals surface area contributed by atoms with Gasteiger partial charge in [0.1, 0.15) is 6.04 Å². The molecule has 0 aliphatic carbocycles. The molecule has 0 saturated carbocycles. The van der Waals surface area contributed by atoms with E-state index in [1.54, 1.807) is 0 Å². The molecule has 1 aromatic rings. The van der Waals surface area contributed by atoms with Crippen molar-refractivity contribution in [1.82, 2.24) is 0 Å². The lowest BCUT2D eigenvalue weighted by Crippen LogP contribution is -2.34. The molecular formula is C13H20ClNO2. The average Bonchev–Trinajstić information content (AvgIpc) is 2.30. The number of nitrogens with two attached hydrogens (primary N) is 1. The maximum Gasteiger partial charge on any atom is 0.323 e. The van der Waals surface area contributed by atoms with E-state index in [2.05, 4.69) is 6.92 Å². The summed E-state index contributed by atoms with van der Waals surface area (Å²) in [5.74, 6) is -0.308. The van der Waals surface area contributed by atoms with Crippen LogP contribution in [0.15, 0.2) is 30.3 Å². The molecule has 1 aromatic carbocycles. The lowest BCUT2D eigenvalue weighted by atomic mass is 10.1. The topological polar surface area (TPSA) is 52.3 Å². The highest BCUT2D eigenvalue weighted by Gasteiger charge is 2.14. The fraction of sp³-hybridized carbons (Fsp3) is 0.462. The van der Waals surface area contributed by atoms with Crippen LogP contribution in [0.4, 0.5) is 0 Å². The molecule has 17 heavy (non-hydrogen) atoms. The maximum atomic E-state index is 11.5. The largest absolute Gasteiger partial charge is 0.465 e. The van der Waals surface area contributed by atoms with E-state index in [1.165, 1.54) is 0 Å². The Bertz CT molecular complexity index is 316. The highest BCUT2D eigenvalue weighted by Crippen LogP contribution is 2.03. The van der Waals surface area contributed by atoms with E-state index in [4.69, 9.17) is 10.5 Å². The van der Waals surface area contributed by atoms with Crippen molar-refractivity contribution >= 4 is 18.4 Å². The summed E-state index contributed by atoms with van der Waals surface area (Å²) in [6.07, 6.45) is 2.44. The highest BCUT2D eigenvalue weighted by molar-refractivity contribution is 5.85. The standard InChI is InChI=1S/C13H19NO2.ClH/c1-2-3-9-16-13(15)12(14)10-11-7-5-4-6-8-11;/h4-8,12H,2-3,9-10,14H2,1H3;1H. The van der Waals surface area contributed by atoms with E-state index in [0.29, 0.717) is 13.0 Å². The van der Waals surface area contributed by atoms with Crippen LogP contribution in [-0.4, -0.2) is 18.6 Å². The Morgan fingerprint density at radius 3 is 2.59 bits per heavy atom. The first-order valence-corrected chi connectivity index (χ1v) is 5.70. The number of rotatable bonds is 6. The van der Waals surface area contributed by atoms with Crippen molar-refractivity contribution in [2.45, 2.75) is 32.2 Å². The van der Waals surface area contributed by atoms with Gasteiger partial charge in [-0.25, -0.2) is 0 Å². The van der Waals surface area contributed by atoms with Crippen LogP contribution < -0.4 is 5.73 Å². The second-order valence-corrected chi connectivity index (χ2v) is 3.82. The van der Waals surface area contributed by atoms with Gasteiger partial charge in [-0.05, 0) is 18.4 Å². The zero-order chi connectivity index (χ0) is 11.8. The number of unbranched alkanes of at least 4 members (excludes halogenated alkanes) is 1. The molecule has 1 atom stereocenters. The molecule has 0 heterocycles. The monoisotopic (exact) mass is 257 g/mol. The summed E-state index contributed by atoms with van der Waals surface area (Å²) in [7, 11) is 0. The molecule has 3 nitrogen and oxygen atoms in total. The summed E-state index contributed by atoms with van der Waals surface area (Å²) in [4.78, 5) is 11.5. The molecule has 1 unspecified atom stereocenters. The van der Waals surface area contributed by atoms with Gasteiger partial charge in [-0.15, -0.1) is 12.4 Å². The SMILES string of the molecule is CCCCOC(=O)C(N)Cc1ccccc1.Cl. The second kappa shape index (κ2) is 9.02. The van der Waals surface area contributed by atoms with E-state index < -0.39 is 6.04 Å². The minimum absolute atomic E-state index is 0. The van der Waals surface area contributed by atoms with Gasteiger partial charge < -0.3 is 10.5 Å². The number of benzene rings is 1. The van der Waals surface area contributed by atoms with Crippen molar-refractivity contribution in [1.29, 1.82) is 0 Å². The smallest absolute Gasteiger partial charge is 0.323 e. The molecule has 0 aliphatic rings. The van der Waals surface area contributed by atoms with E-state index in [1.807, 2.05) is 30.3 Å². The number of halogens is 1. The Morgan fingerprint density at radius 2 is 2.00 bits per heavy atom. The van der Waals surface area contributed by atoms with Crippen LogP contribution >= 0.6 is 12.4 Å². The van der Waals surface area contributed by atoms with Crippen molar-refractivity contribution in [3.8, 4) is 0 Å². The molecule has 2 N–H and O–H groups in total. The van der Waals surface area contributed by atoms with E-state index in [-0.39, 0.29) is 18.4 Å². The zero-order valence-corrected chi connectivity index (χ0v) is 10.9. The number of hydrogen-bond acceptors (Lipinski definition) is 3. The summed E-state index contributed by atoms with van der Waals surface area (Å²) in [6.45, 7) is 2.52. The van der Waals surface area contributed by atoms with Gasteiger partial charge in [0.25, 0.3) is 0 Å². The first kappa shape index (κ1) is 15.9.